The molecule has 1 unspecified atom stereocenters. The third-order valence-electron chi connectivity index (χ3n) is 6.92. The number of benzene rings is 3. The summed E-state index contributed by atoms with van der Waals surface area (Å²) in [6, 6.07) is 25.9. The van der Waals surface area contributed by atoms with Gasteiger partial charge >= 0.3 is 11.7 Å². The van der Waals surface area contributed by atoms with Gasteiger partial charge in [-0.1, -0.05) is 60.7 Å². The predicted molar refractivity (Wildman–Crippen MR) is 149 cm³/mol. The van der Waals surface area contributed by atoms with E-state index in [0.717, 1.165) is 23.1 Å². The molecule has 39 heavy (non-hydrogen) atoms. The van der Waals surface area contributed by atoms with Gasteiger partial charge in [0.15, 0.2) is 0 Å². The summed E-state index contributed by atoms with van der Waals surface area (Å²) < 4.78 is 11.0. The standard InChI is InChI=1S/C31H31N3O5/c1-22-16-30(36)39-28-18-26(12-13-27(22)28)38-31(37)34-15-14-33(20-24-10-6-3-7-11-24)21-25(34)19-32-29(35)17-23-8-4-2-5-9-23/h2-13,16,18,25H,14-15,17,19-21H2,1H3,(H,32,35). The maximum Gasteiger partial charge on any atom is 0.415 e. The average molecular weight is 526 g/mol. The summed E-state index contributed by atoms with van der Waals surface area (Å²) in [5, 5.41) is 3.79. The maximum absolute atomic E-state index is 13.3. The molecule has 0 bridgehead atoms. The zero-order valence-electron chi connectivity index (χ0n) is 21.8. The third kappa shape index (κ3) is 6.72. The number of hydrogen-bond donors (Lipinski definition) is 1. The van der Waals surface area contributed by atoms with Crippen molar-refractivity contribution in [2.24, 2.45) is 0 Å². The Morgan fingerprint density at radius 2 is 1.67 bits per heavy atom. The van der Waals surface area contributed by atoms with E-state index in [1.807, 2.05) is 55.5 Å². The van der Waals surface area contributed by atoms with E-state index in [1.54, 1.807) is 23.1 Å². The Morgan fingerprint density at radius 1 is 0.949 bits per heavy atom. The van der Waals surface area contributed by atoms with E-state index in [0.29, 0.717) is 37.5 Å². The minimum atomic E-state index is -0.508. The summed E-state index contributed by atoms with van der Waals surface area (Å²) in [5.74, 6) is 0.189. The molecule has 4 aromatic rings. The lowest BCUT2D eigenvalue weighted by Crippen LogP contribution is -2.59. The molecule has 5 rings (SSSR count). The van der Waals surface area contributed by atoms with Crippen LogP contribution >= 0.6 is 0 Å². The van der Waals surface area contributed by atoms with Crippen LogP contribution in [0.4, 0.5) is 4.79 Å². The zero-order chi connectivity index (χ0) is 27.2. The zero-order valence-corrected chi connectivity index (χ0v) is 21.8. The lowest BCUT2D eigenvalue weighted by atomic mass is 10.1. The van der Waals surface area contributed by atoms with Crippen molar-refractivity contribution in [1.82, 2.24) is 15.1 Å². The van der Waals surface area contributed by atoms with Crippen molar-refractivity contribution in [2.45, 2.75) is 25.9 Å². The highest BCUT2D eigenvalue weighted by Crippen LogP contribution is 2.23. The first kappa shape index (κ1) is 26.2. The van der Waals surface area contributed by atoms with Gasteiger partial charge in [0.25, 0.3) is 0 Å². The van der Waals surface area contributed by atoms with E-state index in [-0.39, 0.29) is 18.4 Å². The van der Waals surface area contributed by atoms with Crippen molar-refractivity contribution in [1.29, 1.82) is 0 Å². The normalized spacial score (nSPS) is 15.7. The highest BCUT2D eigenvalue weighted by Gasteiger charge is 2.32. The molecule has 3 aromatic carbocycles. The van der Waals surface area contributed by atoms with Gasteiger partial charge in [0, 0.05) is 50.2 Å². The van der Waals surface area contributed by atoms with Crippen LogP contribution in [0.3, 0.4) is 0 Å². The van der Waals surface area contributed by atoms with Crippen LogP contribution in [0.2, 0.25) is 0 Å². The van der Waals surface area contributed by atoms with Gasteiger partial charge in [-0.2, -0.15) is 0 Å². The Hall–Kier alpha value is -4.43. The van der Waals surface area contributed by atoms with Crippen molar-refractivity contribution < 1.29 is 18.7 Å². The number of carbonyl (C=O) groups excluding carboxylic acids is 2. The van der Waals surface area contributed by atoms with Gasteiger partial charge < -0.3 is 19.4 Å². The molecule has 200 valence electrons. The number of ether oxygens (including phenoxy) is 1. The summed E-state index contributed by atoms with van der Waals surface area (Å²) >= 11 is 0. The van der Waals surface area contributed by atoms with E-state index < -0.39 is 11.7 Å². The quantitative estimate of drug-likeness (QED) is 0.365. The molecule has 8 heteroatoms. The minimum Gasteiger partial charge on any atom is -0.423 e. The number of nitrogens with zero attached hydrogens (tertiary/aromatic N) is 2. The summed E-state index contributed by atoms with van der Waals surface area (Å²) in [6.45, 7) is 4.59. The third-order valence-corrected chi connectivity index (χ3v) is 6.92. The molecule has 1 saturated heterocycles. The lowest BCUT2D eigenvalue weighted by molar-refractivity contribution is -0.120. The molecule has 0 spiro atoms. The van der Waals surface area contributed by atoms with Crippen LogP contribution in [0.5, 0.6) is 5.75 Å². The molecule has 0 radical (unpaired) electrons. The van der Waals surface area contributed by atoms with E-state index in [4.69, 9.17) is 9.15 Å². The lowest BCUT2D eigenvalue weighted by Gasteiger charge is -2.40. The molecular formula is C31H31N3O5. The van der Waals surface area contributed by atoms with Crippen LogP contribution in [0.25, 0.3) is 11.0 Å². The number of carbonyl (C=O) groups is 2. The van der Waals surface area contributed by atoms with E-state index >= 15 is 0 Å². The van der Waals surface area contributed by atoms with Gasteiger partial charge in [-0.25, -0.2) is 9.59 Å². The molecule has 1 aliphatic rings. The van der Waals surface area contributed by atoms with Gasteiger partial charge in [0.2, 0.25) is 5.91 Å². The average Bonchev–Trinajstić information content (AvgIpc) is 2.93. The SMILES string of the molecule is Cc1cc(=O)oc2cc(OC(=O)N3CCN(Cc4ccccc4)CC3CNC(=O)Cc3ccccc3)ccc12. The summed E-state index contributed by atoms with van der Waals surface area (Å²) in [7, 11) is 0. The van der Waals surface area contributed by atoms with E-state index in [9.17, 15) is 14.4 Å². The van der Waals surface area contributed by atoms with Crippen molar-refractivity contribution in [2.75, 3.05) is 26.2 Å². The highest BCUT2D eigenvalue weighted by molar-refractivity contribution is 5.82. The molecule has 2 amide bonds. The molecular weight excluding hydrogens is 494 g/mol. The first-order valence-corrected chi connectivity index (χ1v) is 13.0. The number of amides is 2. The fourth-order valence-corrected chi connectivity index (χ4v) is 4.92. The van der Waals surface area contributed by atoms with Gasteiger partial charge in [0.05, 0.1) is 12.5 Å². The number of nitrogens with one attached hydrogen (secondary N) is 1. The summed E-state index contributed by atoms with van der Waals surface area (Å²) in [4.78, 5) is 41.8. The molecule has 1 aromatic heterocycles. The molecule has 8 nitrogen and oxygen atoms in total. The van der Waals surface area contributed by atoms with Gasteiger partial charge in [-0.3, -0.25) is 9.69 Å². The molecule has 0 saturated carbocycles. The first-order valence-electron chi connectivity index (χ1n) is 13.0. The topological polar surface area (TPSA) is 92.1 Å². The highest BCUT2D eigenvalue weighted by atomic mass is 16.6. The maximum atomic E-state index is 13.3. The van der Waals surface area contributed by atoms with Crippen molar-refractivity contribution in [3.63, 3.8) is 0 Å². The molecule has 1 fully saturated rings. The molecule has 2 heterocycles. The monoisotopic (exact) mass is 525 g/mol. The van der Waals surface area contributed by atoms with Crippen molar-refractivity contribution in [3.8, 4) is 5.75 Å². The van der Waals surface area contributed by atoms with Crippen LogP contribution < -0.4 is 15.7 Å². The summed E-state index contributed by atoms with van der Waals surface area (Å²) in [5.41, 5.74) is 2.82. The Kier molecular flexibility index (Phi) is 8.03. The second-order valence-electron chi connectivity index (χ2n) is 9.81. The molecule has 1 aliphatic heterocycles. The Morgan fingerprint density at radius 3 is 2.41 bits per heavy atom. The van der Waals surface area contributed by atoms with Crippen LogP contribution in [0.1, 0.15) is 16.7 Å². The number of hydrogen-bond acceptors (Lipinski definition) is 6. The smallest absolute Gasteiger partial charge is 0.415 e. The predicted octanol–water partition coefficient (Wildman–Crippen LogP) is 4.15. The van der Waals surface area contributed by atoms with Crippen molar-refractivity contribution in [3.05, 3.63) is 112 Å². The second kappa shape index (κ2) is 12.0. The van der Waals surface area contributed by atoms with Gasteiger partial charge in [-0.15, -0.1) is 0 Å². The number of piperazine rings is 1. The van der Waals surface area contributed by atoms with Crippen molar-refractivity contribution >= 4 is 23.0 Å². The largest absolute Gasteiger partial charge is 0.423 e. The summed E-state index contributed by atoms with van der Waals surface area (Å²) in [6.07, 6.45) is -0.237. The van der Waals surface area contributed by atoms with Crippen LogP contribution in [0, 0.1) is 6.92 Å². The van der Waals surface area contributed by atoms with Gasteiger partial charge in [-0.05, 0) is 35.7 Å². The number of fused-ring (bicyclic) bond motifs is 1. The number of rotatable bonds is 7. The molecule has 0 aliphatic carbocycles. The Balaban J connectivity index is 1.29. The Labute approximate surface area is 226 Å². The van der Waals surface area contributed by atoms with Gasteiger partial charge in [0.1, 0.15) is 11.3 Å². The van der Waals surface area contributed by atoms with E-state index in [2.05, 4.69) is 22.3 Å². The number of aryl methyl sites for hydroxylation is 1. The molecule has 1 atom stereocenters. The minimum absolute atomic E-state index is 0.102. The first-order chi connectivity index (χ1) is 18.9. The Bertz CT molecular complexity index is 1500. The second-order valence-corrected chi connectivity index (χ2v) is 9.81. The van der Waals surface area contributed by atoms with Crippen LogP contribution in [0.15, 0.2) is 94.1 Å². The fraction of sp³-hybridized carbons (Fsp3) is 0.258. The fourth-order valence-electron chi connectivity index (χ4n) is 4.92. The van der Waals surface area contributed by atoms with Crippen LogP contribution in [-0.4, -0.2) is 54.0 Å². The van der Waals surface area contributed by atoms with Crippen LogP contribution in [-0.2, 0) is 17.8 Å². The van der Waals surface area contributed by atoms with E-state index in [1.165, 1.54) is 11.6 Å². The molecule has 1 N–H and O–H groups in total.